The zero-order chi connectivity index (χ0) is 12.3. The van der Waals surface area contributed by atoms with Crippen LogP contribution in [-0.2, 0) is 0 Å². The number of urea groups is 1. The molecule has 0 bridgehead atoms. The van der Waals surface area contributed by atoms with Crippen LogP contribution >= 0.6 is 0 Å². The fourth-order valence-electron chi connectivity index (χ4n) is 2.31. The number of anilines is 1. The molecule has 2 rings (SSSR count). The third-order valence-electron chi connectivity index (χ3n) is 3.28. The van der Waals surface area contributed by atoms with Crippen molar-refractivity contribution in [3.8, 4) is 0 Å². The molecule has 1 fully saturated rings. The third-order valence-corrected chi connectivity index (χ3v) is 3.28. The Morgan fingerprint density at radius 2 is 2.18 bits per heavy atom. The van der Waals surface area contributed by atoms with Gasteiger partial charge in [0.15, 0.2) is 0 Å². The van der Waals surface area contributed by atoms with E-state index in [0.717, 1.165) is 18.7 Å². The maximum atomic E-state index is 12.1. The zero-order valence-corrected chi connectivity index (χ0v) is 10.1. The Kier molecular flexibility index (Phi) is 3.64. The minimum atomic E-state index is -0.0281. The number of nitrogens with two attached hydrogens (primary N) is 1. The van der Waals surface area contributed by atoms with E-state index >= 15 is 0 Å². The summed E-state index contributed by atoms with van der Waals surface area (Å²) >= 11 is 0. The van der Waals surface area contributed by atoms with E-state index in [1.54, 1.807) is 0 Å². The van der Waals surface area contributed by atoms with Crippen LogP contribution in [0.1, 0.15) is 13.3 Å². The van der Waals surface area contributed by atoms with Crippen LogP contribution in [0.3, 0.4) is 0 Å². The topological polar surface area (TPSA) is 58.4 Å². The van der Waals surface area contributed by atoms with Gasteiger partial charge < -0.3 is 16.0 Å². The van der Waals surface area contributed by atoms with Crippen LogP contribution in [-0.4, -0.2) is 30.1 Å². The molecule has 1 aromatic carbocycles. The van der Waals surface area contributed by atoms with Crippen LogP contribution in [0.25, 0.3) is 0 Å². The molecule has 0 aliphatic carbocycles. The lowest BCUT2D eigenvalue weighted by Crippen LogP contribution is -2.37. The molecule has 0 spiro atoms. The number of likely N-dealkylation sites (tertiary alicyclic amines) is 1. The maximum absolute atomic E-state index is 12.1. The molecular formula is C13H19N3O. The first-order valence-electron chi connectivity index (χ1n) is 6.03. The van der Waals surface area contributed by atoms with Crippen LogP contribution in [0, 0.1) is 5.92 Å². The fraction of sp³-hybridized carbons (Fsp3) is 0.462. The van der Waals surface area contributed by atoms with Crippen LogP contribution in [0.15, 0.2) is 30.3 Å². The first-order chi connectivity index (χ1) is 8.20. The predicted octanol–water partition coefficient (Wildman–Crippen LogP) is 1.89. The van der Waals surface area contributed by atoms with Gasteiger partial charge in [0.2, 0.25) is 0 Å². The number of rotatable bonds is 2. The van der Waals surface area contributed by atoms with Crippen molar-refractivity contribution in [2.45, 2.75) is 19.4 Å². The number of benzene rings is 1. The van der Waals surface area contributed by atoms with E-state index in [1.165, 1.54) is 0 Å². The van der Waals surface area contributed by atoms with Crippen LogP contribution in [0.5, 0.6) is 0 Å². The van der Waals surface area contributed by atoms with Gasteiger partial charge in [-0.2, -0.15) is 0 Å². The van der Waals surface area contributed by atoms with E-state index in [2.05, 4.69) is 12.2 Å². The molecule has 2 amide bonds. The normalized spacial score (nSPS) is 23.8. The number of para-hydroxylation sites is 1. The molecule has 4 nitrogen and oxygen atoms in total. The van der Waals surface area contributed by atoms with Gasteiger partial charge in [0.25, 0.3) is 0 Å². The summed E-state index contributed by atoms with van der Waals surface area (Å²) in [6.07, 6.45) is 0.999. The van der Waals surface area contributed by atoms with E-state index in [4.69, 9.17) is 5.73 Å². The van der Waals surface area contributed by atoms with E-state index in [9.17, 15) is 4.79 Å². The highest BCUT2D eigenvalue weighted by Crippen LogP contribution is 2.22. The van der Waals surface area contributed by atoms with Crippen molar-refractivity contribution in [3.63, 3.8) is 0 Å². The highest BCUT2D eigenvalue weighted by molar-refractivity contribution is 5.89. The molecule has 1 aliphatic heterocycles. The summed E-state index contributed by atoms with van der Waals surface area (Å²) in [6.45, 7) is 3.48. The summed E-state index contributed by atoms with van der Waals surface area (Å²) in [6, 6.07) is 9.76. The molecular weight excluding hydrogens is 214 g/mol. The van der Waals surface area contributed by atoms with Crippen LogP contribution < -0.4 is 11.1 Å². The number of amides is 2. The van der Waals surface area contributed by atoms with E-state index < -0.39 is 0 Å². The average molecular weight is 233 g/mol. The second-order valence-corrected chi connectivity index (χ2v) is 4.63. The average Bonchev–Trinajstić information content (AvgIpc) is 2.72. The van der Waals surface area contributed by atoms with E-state index in [-0.39, 0.29) is 12.1 Å². The van der Waals surface area contributed by atoms with Gasteiger partial charge in [-0.25, -0.2) is 4.79 Å². The lowest BCUT2D eigenvalue weighted by atomic mass is 10.1. The highest BCUT2D eigenvalue weighted by atomic mass is 16.2. The van der Waals surface area contributed by atoms with Gasteiger partial charge >= 0.3 is 6.03 Å². The molecule has 1 aromatic rings. The second kappa shape index (κ2) is 5.19. The Balaban J connectivity index is 1.97. The maximum Gasteiger partial charge on any atom is 0.322 e. The summed E-state index contributed by atoms with van der Waals surface area (Å²) in [4.78, 5) is 13.9. The van der Waals surface area contributed by atoms with Crippen molar-refractivity contribution in [2.75, 3.05) is 18.4 Å². The molecule has 0 aromatic heterocycles. The number of carbonyl (C=O) groups excluding carboxylic acids is 1. The van der Waals surface area contributed by atoms with Crippen molar-refractivity contribution in [2.24, 2.45) is 11.7 Å². The molecule has 1 aliphatic rings. The lowest BCUT2D eigenvalue weighted by molar-refractivity contribution is 0.209. The standard InChI is InChI=1S/C13H19N3O/c1-10-7-11(8-14)9-16(10)13(17)15-12-5-3-2-4-6-12/h2-6,10-11H,7-9,14H2,1H3,(H,15,17). The number of hydrogen-bond acceptors (Lipinski definition) is 2. The molecule has 92 valence electrons. The number of carbonyl (C=O) groups is 1. The summed E-state index contributed by atoms with van der Waals surface area (Å²) in [5.74, 6) is 0.437. The van der Waals surface area contributed by atoms with Gasteiger partial charge in [0.05, 0.1) is 0 Å². The Bertz CT molecular complexity index is 380. The molecule has 3 N–H and O–H groups in total. The van der Waals surface area contributed by atoms with Crippen molar-refractivity contribution < 1.29 is 4.79 Å². The molecule has 2 unspecified atom stereocenters. The van der Waals surface area contributed by atoms with Crippen molar-refractivity contribution in [1.29, 1.82) is 0 Å². The zero-order valence-electron chi connectivity index (χ0n) is 10.1. The molecule has 0 radical (unpaired) electrons. The summed E-state index contributed by atoms with van der Waals surface area (Å²) in [5.41, 5.74) is 6.49. The fourth-order valence-corrected chi connectivity index (χ4v) is 2.31. The van der Waals surface area contributed by atoms with Gasteiger partial charge in [0, 0.05) is 18.3 Å². The quantitative estimate of drug-likeness (QED) is 0.819. The molecule has 2 atom stereocenters. The third kappa shape index (κ3) is 2.77. The largest absolute Gasteiger partial charge is 0.330 e. The summed E-state index contributed by atoms with van der Waals surface area (Å²) < 4.78 is 0. The lowest BCUT2D eigenvalue weighted by Gasteiger charge is -2.21. The minimum absolute atomic E-state index is 0.0281. The van der Waals surface area contributed by atoms with Gasteiger partial charge in [-0.1, -0.05) is 18.2 Å². The van der Waals surface area contributed by atoms with Crippen molar-refractivity contribution in [3.05, 3.63) is 30.3 Å². The smallest absolute Gasteiger partial charge is 0.322 e. The number of nitrogens with one attached hydrogen (secondary N) is 1. The van der Waals surface area contributed by atoms with Crippen molar-refractivity contribution in [1.82, 2.24) is 4.90 Å². The van der Waals surface area contributed by atoms with Crippen LogP contribution in [0.2, 0.25) is 0 Å². The van der Waals surface area contributed by atoms with Gasteiger partial charge in [-0.15, -0.1) is 0 Å². The number of hydrogen-bond donors (Lipinski definition) is 2. The first kappa shape index (κ1) is 11.9. The molecule has 1 saturated heterocycles. The molecule has 4 heteroatoms. The minimum Gasteiger partial charge on any atom is -0.330 e. The SMILES string of the molecule is CC1CC(CN)CN1C(=O)Nc1ccccc1. The van der Waals surface area contributed by atoms with E-state index in [0.29, 0.717) is 12.5 Å². The van der Waals surface area contributed by atoms with Gasteiger partial charge in [-0.3, -0.25) is 0 Å². The Morgan fingerprint density at radius 3 is 2.76 bits per heavy atom. The first-order valence-corrected chi connectivity index (χ1v) is 6.03. The molecule has 0 saturated carbocycles. The summed E-state index contributed by atoms with van der Waals surface area (Å²) in [7, 11) is 0. The predicted molar refractivity (Wildman–Crippen MR) is 68.8 cm³/mol. The molecule has 17 heavy (non-hydrogen) atoms. The second-order valence-electron chi connectivity index (χ2n) is 4.63. The Morgan fingerprint density at radius 1 is 1.47 bits per heavy atom. The number of nitrogens with zero attached hydrogens (tertiary/aromatic N) is 1. The Labute approximate surface area is 102 Å². The van der Waals surface area contributed by atoms with Crippen LogP contribution in [0.4, 0.5) is 10.5 Å². The summed E-state index contributed by atoms with van der Waals surface area (Å²) in [5, 5.41) is 2.91. The van der Waals surface area contributed by atoms with E-state index in [1.807, 2.05) is 35.2 Å². The monoisotopic (exact) mass is 233 g/mol. The molecule has 1 heterocycles. The Hall–Kier alpha value is -1.55. The van der Waals surface area contributed by atoms with Gasteiger partial charge in [0.1, 0.15) is 0 Å². The van der Waals surface area contributed by atoms with Crippen molar-refractivity contribution >= 4 is 11.7 Å². The highest BCUT2D eigenvalue weighted by Gasteiger charge is 2.31. The van der Waals surface area contributed by atoms with Gasteiger partial charge in [-0.05, 0) is 37.9 Å².